The molecule has 34 heavy (non-hydrogen) atoms. The number of carbonyl (C=O) groups excluding carboxylic acids is 1. The summed E-state index contributed by atoms with van der Waals surface area (Å²) in [5.74, 6) is 1.70. The molecule has 4 aromatic rings. The van der Waals surface area contributed by atoms with Crippen LogP contribution in [0.25, 0.3) is 11.0 Å². The number of rotatable bonds is 5. The molecule has 2 aliphatic heterocycles. The number of nitrogens with zero attached hydrogens (tertiary/aromatic N) is 7. The van der Waals surface area contributed by atoms with Gasteiger partial charge in [0.25, 0.3) is 0 Å². The maximum absolute atomic E-state index is 12.5. The van der Waals surface area contributed by atoms with Gasteiger partial charge in [0, 0.05) is 43.9 Å². The molecule has 0 aliphatic carbocycles. The Hall–Kier alpha value is -3.99. The lowest BCUT2D eigenvalue weighted by Crippen LogP contribution is -2.31. The number of likely N-dealkylation sites (N-methyl/N-ethyl adjacent to an activating group) is 1. The molecule has 0 radical (unpaired) electrons. The predicted molar refractivity (Wildman–Crippen MR) is 128 cm³/mol. The molecule has 1 aromatic carbocycles. The smallest absolute Gasteiger partial charge is 0.320 e. The standard InChI is InChI=1S/C23H26N10O/c1-31-8-9-33-16(13-31)10-20(30-33)28-23(34)24-7-6-15-12-32(19-5-3-2-4-17(15)19)22-18-11-27-29-21(18)25-14-26-22/h2-5,10-11,14-15H,6-9,12-13H2,1H3,(H2,24,28,30,34)(H,25,26,27,29). The highest BCUT2D eigenvalue weighted by molar-refractivity contribution is 5.90. The quantitative estimate of drug-likeness (QED) is 0.420. The zero-order chi connectivity index (χ0) is 23.1. The van der Waals surface area contributed by atoms with Crippen LogP contribution in [0.15, 0.2) is 42.9 Å². The molecule has 0 spiro atoms. The van der Waals surface area contributed by atoms with E-state index in [4.69, 9.17) is 0 Å². The molecule has 3 N–H and O–H groups in total. The van der Waals surface area contributed by atoms with E-state index in [1.807, 2.05) is 16.8 Å². The highest BCUT2D eigenvalue weighted by Crippen LogP contribution is 2.42. The van der Waals surface area contributed by atoms with Gasteiger partial charge in [0.1, 0.15) is 12.1 Å². The number of anilines is 3. The van der Waals surface area contributed by atoms with Gasteiger partial charge in [0.05, 0.1) is 23.8 Å². The molecule has 3 aromatic heterocycles. The van der Waals surface area contributed by atoms with Crippen LogP contribution in [0.2, 0.25) is 0 Å². The van der Waals surface area contributed by atoms with Crippen LogP contribution >= 0.6 is 0 Å². The van der Waals surface area contributed by atoms with Crippen LogP contribution in [0.4, 0.5) is 22.1 Å². The number of aromatic amines is 1. The summed E-state index contributed by atoms with van der Waals surface area (Å²) in [5.41, 5.74) is 4.22. The van der Waals surface area contributed by atoms with Gasteiger partial charge in [-0.2, -0.15) is 10.2 Å². The van der Waals surface area contributed by atoms with E-state index in [9.17, 15) is 4.79 Å². The van der Waals surface area contributed by atoms with Crippen molar-refractivity contribution < 1.29 is 4.79 Å². The number of aromatic nitrogens is 6. The monoisotopic (exact) mass is 458 g/mol. The fourth-order valence-corrected chi connectivity index (χ4v) is 4.89. The second kappa shape index (κ2) is 8.41. The number of hydrogen-bond acceptors (Lipinski definition) is 7. The third-order valence-corrected chi connectivity index (χ3v) is 6.56. The lowest BCUT2D eigenvalue weighted by atomic mass is 9.98. The Balaban J connectivity index is 1.11. The molecular weight excluding hydrogens is 432 g/mol. The summed E-state index contributed by atoms with van der Waals surface area (Å²) in [7, 11) is 2.08. The van der Waals surface area contributed by atoms with Gasteiger partial charge >= 0.3 is 6.03 Å². The van der Waals surface area contributed by atoms with Gasteiger partial charge in [0.2, 0.25) is 0 Å². The minimum absolute atomic E-state index is 0.233. The molecule has 5 heterocycles. The molecular formula is C23H26N10O. The van der Waals surface area contributed by atoms with E-state index < -0.39 is 0 Å². The average Bonchev–Trinajstić information content (AvgIpc) is 3.55. The summed E-state index contributed by atoms with van der Waals surface area (Å²) >= 11 is 0. The number of urea groups is 1. The number of hydrogen-bond donors (Lipinski definition) is 3. The zero-order valence-corrected chi connectivity index (χ0v) is 18.9. The SMILES string of the molecule is CN1CCn2nc(NC(=O)NCCC3CN(c4ncnc5[nH]ncc45)c4ccccc43)cc2C1. The number of benzene rings is 1. The summed E-state index contributed by atoms with van der Waals surface area (Å²) < 4.78 is 1.96. The van der Waals surface area contributed by atoms with Gasteiger partial charge in [-0.25, -0.2) is 14.8 Å². The third kappa shape index (κ3) is 3.73. The van der Waals surface area contributed by atoms with Gasteiger partial charge in [0.15, 0.2) is 11.5 Å². The molecule has 11 heteroatoms. The molecule has 1 unspecified atom stereocenters. The second-order valence-electron chi connectivity index (χ2n) is 8.85. The molecule has 174 valence electrons. The van der Waals surface area contributed by atoms with Crippen molar-refractivity contribution >= 4 is 34.4 Å². The lowest BCUT2D eigenvalue weighted by Gasteiger charge is -2.22. The molecule has 2 amide bonds. The molecule has 2 aliphatic rings. The van der Waals surface area contributed by atoms with Crippen molar-refractivity contribution in [1.29, 1.82) is 0 Å². The van der Waals surface area contributed by atoms with Crippen molar-refractivity contribution in [1.82, 2.24) is 40.2 Å². The number of nitrogens with one attached hydrogen (secondary N) is 3. The van der Waals surface area contributed by atoms with E-state index in [2.05, 4.69) is 70.9 Å². The van der Waals surface area contributed by atoms with Crippen molar-refractivity contribution in [3.8, 4) is 0 Å². The number of para-hydroxylation sites is 1. The third-order valence-electron chi connectivity index (χ3n) is 6.56. The molecule has 0 saturated heterocycles. The first-order valence-electron chi connectivity index (χ1n) is 11.5. The van der Waals surface area contributed by atoms with Crippen LogP contribution in [0.1, 0.15) is 23.6 Å². The summed E-state index contributed by atoms with van der Waals surface area (Å²) in [6.45, 7) is 3.97. The number of amides is 2. The van der Waals surface area contributed by atoms with Crippen LogP contribution < -0.4 is 15.5 Å². The molecule has 1 atom stereocenters. The topological polar surface area (TPSA) is 120 Å². The van der Waals surface area contributed by atoms with Gasteiger partial charge in [-0.15, -0.1) is 0 Å². The number of carbonyl (C=O) groups is 1. The molecule has 11 nitrogen and oxygen atoms in total. The highest BCUT2D eigenvalue weighted by Gasteiger charge is 2.31. The first-order chi connectivity index (χ1) is 16.7. The normalized spacial score (nSPS) is 17.6. The number of fused-ring (bicyclic) bond motifs is 3. The van der Waals surface area contributed by atoms with E-state index in [0.29, 0.717) is 12.4 Å². The van der Waals surface area contributed by atoms with Gasteiger partial charge in [-0.3, -0.25) is 20.0 Å². The van der Waals surface area contributed by atoms with Crippen molar-refractivity contribution in [2.75, 3.05) is 36.9 Å². The zero-order valence-electron chi connectivity index (χ0n) is 18.9. The maximum Gasteiger partial charge on any atom is 0.320 e. The lowest BCUT2D eigenvalue weighted by molar-refractivity contribution is 0.251. The van der Waals surface area contributed by atoms with E-state index in [-0.39, 0.29) is 11.9 Å². The Morgan fingerprint density at radius 2 is 2.15 bits per heavy atom. The summed E-state index contributed by atoms with van der Waals surface area (Å²) in [6.07, 6.45) is 4.13. The fraction of sp³-hybridized carbons (Fsp3) is 0.348. The average molecular weight is 459 g/mol. The largest absolute Gasteiger partial charge is 0.338 e. The van der Waals surface area contributed by atoms with Gasteiger partial charge in [-0.1, -0.05) is 18.2 Å². The van der Waals surface area contributed by atoms with E-state index in [1.165, 1.54) is 5.56 Å². The Labute approximate surface area is 196 Å². The summed E-state index contributed by atoms with van der Waals surface area (Å²) in [5, 5.41) is 18.3. The molecule has 0 saturated carbocycles. The Bertz CT molecular complexity index is 1340. The molecule has 0 bridgehead atoms. The van der Waals surface area contributed by atoms with Gasteiger partial charge in [-0.05, 0) is 25.1 Å². The van der Waals surface area contributed by atoms with Crippen LogP contribution in [-0.4, -0.2) is 67.6 Å². The second-order valence-corrected chi connectivity index (χ2v) is 8.85. The predicted octanol–water partition coefficient (Wildman–Crippen LogP) is 2.44. The Morgan fingerprint density at radius 3 is 3.09 bits per heavy atom. The van der Waals surface area contributed by atoms with E-state index >= 15 is 0 Å². The highest BCUT2D eigenvalue weighted by atomic mass is 16.2. The van der Waals surface area contributed by atoms with Crippen LogP contribution in [0, 0.1) is 0 Å². The van der Waals surface area contributed by atoms with E-state index in [0.717, 1.165) is 60.8 Å². The Kier molecular flexibility index (Phi) is 5.10. The first-order valence-corrected chi connectivity index (χ1v) is 11.5. The van der Waals surface area contributed by atoms with Crippen LogP contribution in [0.5, 0.6) is 0 Å². The van der Waals surface area contributed by atoms with Crippen molar-refractivity contribution in [3.63, 3.8) is 0 Å². The van der Waals surface area contributed by atoms with Crippen molar-refractivity contribution in [2.24, 2.45) is 0 Å². The molecule has 6 rings (SSSR count). The molecule has 0 fully saturated rings. The summed E-state index contributed by atoms with van der Waals surface area (Å²) in [6, 6.07) is 10.1. The van der Waals surface area contributed by atoms with Crippen molar-refractivity contribution in [2.45, 2.75) is 25.4 Å². The van der Waals surface area contributed by atoms with E-state index in [1.54, 1.807) is 12.5 Å². The first kappa shape index (κ1) is 20.6. The fourth-order valence-electron chi connectivity index (χ4n) is 4.89. The maximum atomic E-state index is 12.5. The minimum Gasteiger partial charge on any atom is -0.338 e. The van der Waals surface area contributed by atoms with Crippen molar-refractivity contribution in [3.05, 3.63) is 54.1 Å². The van der Waals surface area contributed by atoms with Crippen LogP contribution in [0.3, 0.4) is 0 Å². The Morgan fingerprint density at radius 1 is 1.24 bits per heavy atom. The van der Waals surface area contributed by atoms with Gasteiger partial charge < -0.3 is 10.2 Å². The summed E-state index contributed by atoms with van der Waals surface area (Å²) in [4.78, 5) is 25.7. The minimum atomic E-state index is -0.233. The van der Waals surface area contributed by atoms with Crippen LogP contribution in [-0.2, 0) is 13.1 Å². The number of H-pyrrole nitrogens is 1.